The average molecular weight is 415 g/mol. The summed E-state index contributed by atoms with van der Waals surface area (Å²) in [4.78, 5) is 27.7. The Bertz CT molecular complexity index is 1130. The molecule has 1 saturated heterocycles. The average Bonchev–Trinajstić information content (AvgIpc) is 3.59. The molecule has 5 rings (SSSR count). The van der Waals surface area contributed by atoms with Crippen LogP contribution in [0.3, 0.4) is 0 Å². The normalized spacial score (nSPS) is 18.4. The van der Waals surface area contributed by atoms with Crippen LogP contribution in [0.5, 0.6) is 0 Å². The Labute approximate surface area is 178 Å². The van der Waals surface area contributed by atoms with Gasteiger partial charge in [0, 0.05) is 74.7 Å². The monoisotopic (exact) mass is 415 g/mol. The molecule has 0 unspecified atom stereocenters. The minimum absolute atomic E-state index is 0.0353. The minimum atomic E-state index is -0.0964. The molecule has 1 aliphatic heterocycles. The Morgan fingerprint density at radius 2 is 1.90 bits per heavy atom. The number of aromatic nitrogens is 6. The number of pyridine rings is 2. The summed E-state index contributed by atoms with van der Waals surface area (Å²) in [6.07, 6.45) is 10.9. The van der Waals surface area contributed by atoms with Gasteiger partial charge in [0.05, 0.1) is 5.92 Å². The summed E-state index contributed by atoms with van der Waals surface area (Å²) in [5, 5.41) is 8.33. The second-order valence-electron chi connectivity index (χ2n) is 7.51. The topological polar surface area (TPSA) is 103 Å². The Morgan fingerprint density at radius 1 is 1.03 bits per heavy atom. The summed E-state index contributed by atoms with van der Waals surface area (Å²) in [6, 6.07) is 9.47. The van der Waals surface area contributed by atoms with Crippen LogP contribution in [0, 0.1) is 0 Å². The van der Waals surface area contributed by atoms with Crippen molar-refractivity contribution in [3.8, 4) is 11.4 Å². The number of likely N-dealkylation sites (tertiary alicyclic amines) is 1. The smallest absolute Gasteiger partial charge is 0.232 e. The van der Waals surface area contributed by atoms with E-state index in [1.54, 1.807) is 29.5 Å². The van der Waals surface area contributed by atoms with E-state index < -0.39 is 0 Å². The van der Waals surface area contributed by atoms with Crippen molar-refractivity contribution in [1.82, 2.24) is 34.8 Å². The largest absolute Gasteiger partial charge is 0.341 e. The fourth-order valence-electron chi connectivity index (χ4n) is 4.00. The highest BCUT2D eigenvalue weighted by molar-refractivity contribution is 5.76. The van der Waals surface area contributed by atoms with Crippen LogP contribution in [0.4, 0.5) is 0 Å². The molecular weight excluding hydrogens is 394 g/mol. The van der Waals surface area contributed by atoms with E-state index in [9.17, 15) is 4.79 Å². The Balaban J connectivity index is 1.38. The Hall–Kier alpha value is -3.88. The van der Waals surface area contributed by atoms with E-state index in [4.69, 9.17) is 4.52 Å². The molecule has 0 saturated carbocycles. The molecule has 0 bridgehead atoms. The molecule has 1 amide bonds. The molecular formula is C22H21N7O2. The van der Waals surface area contributed by atoms with Crippen LogP contribution >= 0.6 is 0 Å². The molecule has 156 valence electrons. The van der Waals surface area contributed by atoms with Gasteiger partial charge in [-0.3, -0.25) is 19.4 Å². The molecule has 9 heteroatoms. The number of carbonyl (C=O) groups is 1. The molecule has 0 N–H and O–H groups in total. The highest BCUT2D eigenvalue weighted by atomic mass is 16.5. The predicted molar refractivity (Wildman–Crippen MR) is 111 cm³/mol. The van der Waals surface area contributed by atoms with Crippen LogP contribution in [0.1, 0.15) is 29.7 Å². The van der Waals surface area contributed by atoms with Gasteiger partial charge in [0.2, 0.25) is 17.6 Å². The lowest BCUT2D eigenvalue weighted by Crippen LogP contribution is -2.29. The quantitative estimate of drug-likeness (QED) is 0.477. The standard InChI is InChI=1S/C22H21N7O2/c30-20(6-12-29-11-2-8-25-29)28-14-18(17-3-1-7-24-13-17)19(15-28)22-26-21(27-31-22)16-4-9-23-10-5-16/h1-5,7-11,13,18-19H,6,12,14-15H2/t18-,19+/m0/s1. The molecule has 9 nitrogen and oxygen atoms in total. The highest BCUT2D eigenvalue weighted by Gasteiger charge is 2.40. The number of hydrogen-bond donors (Lipinski definition) is 0. The van der Waals surface area contributed by atoms with Crippen LogP contribution < -0.4 is 0 Å². The number of rotatable bonds is 6. The molecule has 5 heterocycles. The van der Waals surface area contributed by atoms with Gasteiger partial charge < -0.3 is 9.42 Å². The molecule has 31 heavy (non-hydrogen) atoms. The molecule has 4 aromatic rings. The zero-order valence-corrected chi connectivity index (χ0v) is 16.8. The van der Waals surface area contributed by atoms with E-state index in [1.165, 1.54) is 0 Å². The third-order valence-corrected chi connectivity index (χ3v) is 5.60. The van der Waals surface area contributed by atoms with Crippen LogP contribution in [0.25, 0.3) is 11.4 Å². The molecule has 2 atom stereocenters. The van der Waals surface area contributed by atoms with Gasteiger partial charge in [-0.2, -0.15) is 10.1 Å². The number of carbonyl (C=O) groups excluding carboxylic acids is 1. The van der Waals surface area contributed by atoms with Crippen LogP contribution in [-0.2, 0) is 11.3 Å². The van der Waals surface area contributed by atoms with Crippen molar-refractivity contribution in [2.75, 3.05) is 13.1 Å². The summed E-state index contributed by atoms with van der Waals surface area (Å²) in [5.74, 6) is 1.07. The zero-order chi connectivity index (χ0) is 21.0. The van der Waals surface area contributed by atoms with E-state index in [1.807, 2.05) is 47.6 Å². The second kappa shape index (κ2) is 8.47. The fourth-order valence-corrected chi connectivity index (χ4v) is 4.00. The van der Waals surface area contributed by atoms with Crippen LogP contribution in [0.2, 0.25) is 0 Å². The van der Waals surface area contributed by atoms with Gasteiger partial charge in [0.25, 0.3) is 0 Å². The summed E-state index contributed by atoms with van der Waals surface area (Å²) in [5.41, 5.74) is 1.90. The summed E-state index contributed by atoms with van der Waals surface area (Å²) < 4.78 is 7.41. The third-order valence-electron chi connectivity index (χ3n) is 5.60. The number of aryl methyl sites for hydroxylation is 1. The van der Waals surface area contributed by atoms with Crippen molar-refractivity contribution in [2.45, 2.75) is 24.8 Å². The van der Waals surface area contributed by atoms with E-state index in [0.717, 1.165) is 11.1 Å². The highest BCUT2D eigenvalue weighted by Crippen LogP contribution is 2.39. The lowest BCUT2D eigenvalue weighted by atomic mass is 9.90. The van der Waals surface area contributed by atoms with E-state index in [-0.39, 0.29) is 17.7 Å². The van der Waals surface area contributed by atoms with E-state index >= 15 is 0 Å². The van der Waals surface area contributed by atoms with Crippen molar-refractivity contribution in [1.29, 1.82) is 0 Å². The lowest BCUT2D eigenvalue weighted by molar-refractivity contribution is -0.130. The molecule has 0 spiro atoms. The molecule has 0 aromatic carbocycles. The van der Waals surface area contributed by atoms with Crippen molar-refractivity contribution in [2.24, 2.45) is 0 Å². The van der Waals surface area contributed by atoms with Crippen molar-refractivity contribution < 1.29 is 9.32 Å². The number of amides is 1. The van der Waals surface area contributed by atoms with Crippen molar-refractivity contribution >= 4 is 5.91 Å². The van der Waals surface area contributed by atoms with E-state index in [0.29, 0.717) is 37.8 Å². The van der Waals surface area contributed by atoms with Gasteiger partial charge in [0.15, 0.2) is 0 Å². The van der Waals surface area contributed by atoms with Gasteiger partial charge in [-0.05, 0) is 29.8 Å². The van der Waals surface area contributed by atoms with Gasteiger partial charge >= 0.3 is 0 Å². The van der Waals surface area contributed by atoms with Crippen LogP contribution in [0.15, 0.2) is 72.0 Å². The zero-order valence-electron chi connectivity index (χ0n) is 16.8. The summed E-state index contributed by atoms with van der Waals surface area (Å²) >= 11 is 0. The van der Waals surface area contributed by atoms with E-state index in [2.05, 4.69) is 25.2 Å². The maximum absolute atomic E-state index is 12.9. The van der Waals surface area contributed by atoms with Gasteiger partial charge in [-0.1, -0.05) is 11.2 Å². The lowest BCUT2D eigenvalue weighted by Gasteiger charge is -2.16. The maximum atomic E-state index is 12.9. The number of nitrogens with zero attached hydrogens (tertiary/aromatic N) is 7. The maximum Gasteiger partial charge on any atom is 0.232 e. The predicted octanol–water partition coefficient (Wildman–Crippen LogP) is 2.52. The minimum Gasteiger partial charge on any atom is -0.341 e. The third kappa shape index (κ3) is 4.07. The van der Waals surface area contributed by atoms with Crippen LogP contribution in [-0.4, -0.2) is 53.8 Å². The summed E-state index contributed by atoms with van der Waals surface area (Å²) in [7, 11) is 0. The summed E-state index contributed by atoms with van der Waals surface area (Å²) in [6.45, 7) is 1.66. The van der Waals surface area contributed by atoms with Crippen molar-refractivity contribution in [3.63, 3.8) is 0 Å². The molecule has 0 radical (unpaired) electrons. The van der Waals surface area contributed by atoms with Gasteiger partial charge in [0.1, 0.15) is 0 Å². The fraction of sp³-hybridized carbons (Fsp3) is 0.273. The number of hydrogen-bond acceptors (Lipinski definition) is 7. The SMILES string of the molecule is O=C(CCn1cccn1)N1C[C@@H](c2cccnc2)[C@H](c2nc(-c3ccncc3)no2)C1. The first kappa shape index (κ1) is 19.1. The second-order valence-corrected chi connectivity index (χ2v) is 7.51. The molecule has 1 aliphatic rings. The first-order chi connectivity index (χ1) is 15.3. The Kier molecular flexibility index (Phi) is 5.22. The molecule has 1 fully saturated rings. The first-order valence-corrected chi connectivity index (χ1v) is 10.2. The first-order valence-electron chi connectivity index (χ1n) is 10.2. The molecule has 4 aromatic heterocycles. The Morgan fingerprint density at radius 3 is 2.68 bits per heavy atom. The van der Waals surface area contributed by atoms with Gasteiger partial charge in [-0.25, -0.2) is 0 Å². The molecule has 0 aliphatic carbocycles. The van der Waals surface area contributed by atoms with Crippen molar-refractivity contribution in [3.05, 3.63) is 79.0 Å². The van der Waals surface area contributed by atoms with Gasteiger partial charge in [-0.15, -0.1) is 0 Å².